The first-order chi connectivity index (χ1) is 8.78. The standard InChI is InChI=1S/C13H20IN3S.HI/c1-15-13(17-10-4-2-3-5-10)16-9-8-11-6-7-12(14)18-11;/h6-7,10H,2-5,8-9H2,1H3,(H2,15,16,17);1H. The van der Waals surface area contributed by atoms with Crippen LogP contribution in [-0.4, -0.2) is 25.6 Å². The quantitative estimate of drug-likeness (QED) is 0.373. The van der Waals surface area contributed by atoms with Gasteiger partial charge in [0.15, 0.2) is 5.96 Å². The van der Waals surface area contributed by atoms with Gasteiger partial charge in [0.05, 0.1) is 2.88 Å². The van der Waals surface area contributed by atoms with E-state index >= 15 is 0 Å². The van der Waals surface area contributed by atoms with E-state index in [1.807, 2.05) is 18.4 Å². The lowest BCUT2D eigenvalue weighted by Gasteiger charge is -2.16. The fourth-order valence-corrected chi connectivity index (χ4v) is 4.00. The molecule has 0 radical (unpaired) electrons. The number of guanidine groups is 1. The van der Waals surface area contributed by atoms with Crippen molar-refractivity contribution >= 4 is 63.9 Å². The van der Waals surface area contributed by atoms with Crippen LogP contribution in [0.25, 0.3) is 0 Å². The van der Waals surface area contributed by atoms with E-state index in [-0.39, 0.29) is 24.0 Å². The highest BCUT2D eigenvalue weighted by Crippen LogP contribution is 2.18. The first-order valence-corrected chi connectivity index (χ1v) is 8.39. The molecule has 0 aromatic carbocycles. The third-order valence-electron chi connectivity index (χ3n) is 3.21. The molecule has 1 aliphatic carbocycles. The van der Waals surface area contributed by atoms with E-state index in [4.69, 9.17) is 0 Å². The Bertz CT molecular complexity index is 400. The van der Waals surface area contributed by atoms with Gasteiger partial charge < -0.3 is 10.6 Å². The summed E-state index contributed by atoms with van der Waals surface area (Å²) in [4.78, 5) is 5.72. The van der Waals surface area contributed by atoms with Gasteiger partial charge in [0, 0.05) is 24.5 Å². The van der Waals surface area contributed by atoms with Gasteiger partial charge in [0.1, 0.15) is 0 Å². The van der Waals surface area contributed by atoms with Crippen LogP contribution >= 0.6 is 57.9 Å². The van der Waals surface area contributed by atoms with Gasteiger partial charge in [-0.15, -0.1) is 35.3 Å². The molecule has 108 valence electrons. The zero-order valence-electron chi connectivity index (χ0n) is 11.1. The molecule has 1 aromatic heterocycles. The molecular weight excluding hydrogens is 484 g/mol. The number of nitrogens with one attached hydrogen (secondary N) is 2. The predicted octanol–water partition coefficient (Wildman–Crippen LogP) is 3.62. The molecule has 1 aliphatic rings. The van der Waals surface area contributed by atoms with Crippen LogP contribution in [0.2, 0.25) is 0 Å². The summed E-state index contributed by atoms with van der Waals surface area (Å²) in [7, 11) is 1.85. The van der Waals surface area contributed by atoms with Crippen LogP contribution in [0.3, 0.4) is 0 Å². The molecule has 2 N–H and O–H groups in total. The number of thiophene rings is 1. The molecule has 0 aliphatic heterocycles. The van der Waals surface area contributed by atoms with Crippen LogP contribution in [0.1, 0.15) is 30.6 Å². The largest absolute Gasteiger partial charge is 0.356 e. The lowest BCUT2D eigenvalue weighted by atomic mass is 10.2. The molecule has 0 saturated heterocycles. The van der Waals surface area contributed by atoms with E-state index in [0.717, 1.165) is 18.9 Å². The zero-order valence-corrected chi connectivity index (χ0v) is 16.4. The maximum absolute atomic E-state index is 4.28. The van der Waals surface area contributed by atoms with Crippen LogP contribution in [0.15, 0.2) is 17.1 Å². The van der Waals surface area contributed by atoms with E-state index in [0.29, 0.717) is 6.04 Å². The molecule has 2 rings (SSSR count). The van der Waals surface area contributed by atoms with E-state index < -0.39 is 0 Å². The van der Waals surface area contributed by atoms with E-state index in [2.05, 4.69) is 50.3 Å². The van der Waals surface area contributed by atoms with Crippen LogP contribution in [0, 0.1) is 2.88 Å². The minimum Gasteiger partial charge on any atom is -0.356 e. The summed E-state index contributed by atoms with van der Waals surface area (Å²) in [5.74, 6) is 0.952. The van der Waals surface area contributed by atoms with Crippen molar-refractivity contribution in [1.82, 2.24) is 10.6 Å². The van der Waals surface area contributed by atoms with Gasteiger partial charge in [-0.3, -0.25) is 4.99 Å². The normalized spacial score (nSPS) is 16.2. The summed E-state index contributed by atoms with van der Waals surface area (Å²) >= 11 is 4.23. The summed E-state index contributed by atoms with van der Waals surface area (Å²) in [6.45, 7) is 0.947. The van der Waals surface area contributed by atoms with Gasteiger partial charge in [-0.25, -0.2) is 0 Å². The first-order valence-electron chi connectivity index (χ1n) is 6.49. The second-order valence-electron chi connectivity index (χ2n) is 4.58. The Hall–Kier alpha value is 0.430. The SMILES string of the molecule is CN=C(NCCc1ccc(I)s1)NC1CCCC1.I. The highest BCUT2D eigenvalue weighted by atomic mass is 127. The molecule has 0 spiro atoms. The summed E-state index contributed by atoms with van der Waals surface area (Å²) in [5, 5.41) is 6.90. The Morgan fingerprint density at radius 1 is 1.42 bits per heavy atom. The number of hydrogen-bond acceptors (Lipinski definition) is 2. The highest BCUT2D eigenvalue weighted by Gasteiger charge is 2.15. The average Bonchev–Trinajstić information content (AvgIpc) is 3.00. The predicted molar refractivity (Wildman–Crippen MR) is 103 cm³/mol. The summed E-state index contributed by atoms with van der Waals surface area (Å²) in [6, 6.07) is 5.01. The Balaban J connectivity index is 0.00000180. The molecule has 1 fully saturated rings. The molecule has 1 saturated carbocycles. The molecule has 6 heteroatoms. The van der Waals surface area contributed by atoms with Crippen LogP contribution in [0.5, 0.6) is 0 Å². The minimum absolute atomic E-state index is 0. The lowest BCUT2D eigenvalue weighted by Crippen LogP contribution is -2.42. The smallest absolute Gasteiger partial charge is 0.191 e. The molecule has 19 heavy (non-hydrogen) atoms. The maximum atomic E-state index is 4.28. The van der Waals surface area contributed by atoms with Gasteiger partial charge in [-0.2, -0.15) is 0 Å². The molecule has 3 nitrogen and oxygen atoms in total. The van der Waals surface area contributed by atoms with Crippen molar-refractivity contribution in [3.05, 3.63) is 19.9 Å². The van der Waals surface area contributed by atoms with Crippen molar-refractivity contribution in [2.75, 3.05) is 13.6 Å². The van der Waals surface area contributed by atoms with Crippen molar-refractivity contribution in [2.45, 2.75) is 38.1 Å². The molecular formula is C13H21I2N3S. The number of rotatable bonds is 4. The van der Waals surface area contributed by atoms with Crippen molar-refractivity contribution < 1.29 is 0 Å². The zero-order chi connectivity index (χ0) is 12.8. The molecule has 0 unspecified atom stereocenters. The topological polar surface area (TPSA) is 36.4 Å². The van der Waals surface area contributed by atoms with Gasteiger partial charge in [-0.05, 0) is 54.0 Å². The number of halogens is 2. The molecule has 0 atom stereocenters. The second-order valence-corrected chi connectivity index (χ2v) is 7.64. The average molecular weight is 505 g/mol. The van der Waals surface area contributed by atoms with Crippen molar-refractivity contribution in [1.29, 1.82) is 0 Å². The third-order valence-corrected chi connectivity index (χ3v) is 5.17. The Labute approximate surface area is 150 Å². The third kappa shape index (κ3) is 6.16. The Morgan fingerprint density at radius 3 is 2.74 bits per heavy atom. The molecule has 0 bridgehead atoms. The summed E-state index contributed by atoms with van der Waals surface area (Å²) in [6.07, 6.45) is 6.33. The Kier molecular flexibility index (Phi) is 8.63. The fraction of sp³-hybridized carbons (Fsp3) is 0.615. The van der Waals surface area contributed by atoms with E-state index in [9.17, 15) is 0 Å². The van der Waals surface area contributed by atoms with E-state index in [1.54, 1.807) is 0 Å². The van der Waals surface area contributed by atoms with Gasteiger partial charge in [0.2, 0.25) is 0 Å². The highest BCUT2D eigenvalue weighted by molar-refractivity contribution is 14.1. The number of nitrogens with zero attached hydrogens (tertiary/aromatic N) is 1. The number of hydrogen-bond donors (Lipinski definition) is 2. The lowest BCUT2D eigenvalue weighted by molar-refractivity contribution is 0.614. The molecule has 1 heterocycles. The fourth-order valence-electron chi connectivity index (χ4n) is 2.25. The second kappa shape index (κ2) is 9.38. The van der Waals surface area contributed by atoms with Crippen LogP contribution in [0.4, 0.5) is 0 Å². The summed E-state index contributed by atoms with van der Waals surface area (Å²) < 4.78 is 1.36. The number of aliphatic imine (C=N–C) groups is 1. The van der Waals surface area contributed by atoms with Crippen LogP contribution in [-0.2, 0) is 6.42 Å². The minimum atomic E-state index is 0. The first kappa shape index (κ1) is 17.5. The van der Waals surface area contributed by atoms with Crippen molar-refractivity contribution in [3.8, 4) is 0 Å². The maximum Gasteiger partial charge on any atom is 0.191 e. The van der Waals surface area contributed by atoms with Gasteiger partial charge in [0.25, 0.3) is 0 Å². The van der Waals surface area contributed by atoms with E-state index in [1.165, 1.54) is 33.4 Å². The van der Waals surface area contributed by atoms with Crippen LogP contribution < -0.4 is 10.6 Å². The monoisotopic (exact) mass is 505 g/mol. The Morgan fingerprint density at radius 2 is 2.16 bits per heavy atom. The van der Waals surface area contributed by atoms with Gasteiger partial charge >= 0.3 is 0 Å². The van der Waals surface area contributed by atoms with Gasteiger partial charge in [-0.1, -0.05) is 12.8 Å². The molecule has 1 aromatic rings. The van der Waals surface area contributed by atoms with Crippen molar-refractivity contribution in [3.63, 3.8) is 0 Å². The summed E-state index contributed by atoms with van der Waals surface area (Å²) in [5.41, 5.74) is 0. The molecule has 0 amide bonds. The van der Waals surface area contributed by atoms with Crippen molar-refractivity contribution in [2.24, 2.45) is 4.99 Å².